The molecule has 6 heteroatoms. The average molecular weight is 406 g/mol. The van der Waals surface area contributed by atoms with Gasteiger partial charge in [0, 0.05) is 31.0 Å². The molecule has 0 spiro atoms. The number of fused-ring (bicyclic) bond motifs is 1. The van der Waals surface area contributed by atoms with E-state index in [9.17, 15) is 4.79 Å². The standard InChI is InChI=1S/C24H26N2O4/c1-17-6-3-7-18(2)24(17)30-13-4-12-26-23(27)11-9-20(25-26)19-8-10-21-22(16-19)29-15-5-14-28-21/h3,6-11,16H,4-5,12-15H2,1-2H3. The van der Waals surface area contributed by atoms with Crippen LogP contribution < -0.4 is 19.8 Å². The van der Waals surface area contributed by atoms with E-state index >= 15 is 0 Å². The highest BCUT2D eigenvalue weighted by Gasteiger charge is 2.13. The minimum absolute atomic E-state index is 0.125. The topological polar surface area (TPSA) is 62.6 Å². The summed E-state index contributed by atoms with van der Waals surface area (Å²) in [6.07, 6.45) is 1.54. The summed E-state index contributed by atoms with van der Waals surface area (Å²) in [5.74, 6) is 2.37. The first-order valence-electron chi connectivity index (χ1n) is 10.3. The Balaban J connectivity index is 1.45. The van der Waals surface area contributed by atoms with Crippen LogP contribution in [0.3, 0.4) is 0 Å². The zero-order chi connectivity index (χ0) is 20.9. The molecule has 1 aromatic heterocycles. The minimum Gasteiger partial charge on any atom is -0.493 e. The van der Waals surface area contributed by atoms with Gasteiger partial charge in [-0.3, -0.25) is 4.79 Å². The largest absolute Gasteiger partial charge is 0.493 e. The number of rotatable bonds is 6. The van der Waals surface area contributed by atoms with Gasteiger partial charge < -0.3 is 14.2 Å². The van der Waals surface area contributed by atoms with Gasteiger partial charge in [-0.25, -0.2) is 4.68 Å². The Bertz CT molecular complexity index is 1070. The van der Waals surface area contributed by atoms with Crippen LogP contribution in [0.15, 0.2) is 53.3 Å². The van der Waals surface area contributed by atoms with E-state index in [0.717, 1.165) is 40.3 Å². The molecule has 0 unspecified atom stereocenters. The monoisotopic (exact) mass is 406 g/mol. The summed E-state index contributed by atoms with van der Waals surface area (Å²) in [5, 5.41) is 4.55. The van der Waals surface area contributed by atoms with E-state index in [4.69, 9.17) is 14.2 Å². The van der Waals surface area contributed by atoms with Crippen molar-refractivity contribution in [3.8, 4) is 28.5 Å². The summed E-state index contributed by atoms with van der Waals surface area (Å²) < 4.78 is 18.9. The predicted molar refractivity (Wildman–Crippen MR) is 116 cm³/mol. The second-order valence-corrected chi connectivity index (χ2v) is 7.41. The first-order valence-corrected chi connectivity index (χ1v) is 10.3. The molecule has 6 nitrogen and oxygen atoms in total. The Morgan fingerprint density at radius 3 is 2.57 bits per heavy atom. The lowest BCUT2D eigenvalue weighted by atomic mass is 10.1. The Hall–Kier alpha value is -3.28. The summed E-state index contributed by atoms with van der Waals surface area (Å²) in [6, 6.07) is 15.1. The van der Waals surface area contributed by atoms with E-state index in [2.05, 4.69) is 5.10 Å². The van der Waals surface area contributed by atoms with E-state index in [1.165, 1.54) is 4.68 Å². The third-order valence-electron chi connectivity index (χ3n) is 5.08. The second kappa shape index (κ2) is 9.03. The van der Waals surface area contributed by atoms with Crippen LogP contribution in [0.1, 0.15) is 24.0 Å². The molecule has 30 heavy (non-hydrogen) atoms. The lowest BCUT2D eigenvalue weighted by Crippen LogP contribution is -2.23. The summed E-state index contributed by atoms with van der Waals surface area (Å²) in [5.41, 5.74) is 3.71. The molecule has 0 radical (unpaired) electrons. The number of aryl methyl sites for hydroxylation is 3. The first-order chi connectivity index (χ1) is 14.6. The molecular weight excluding hydrogens is 380 g/mol. The van der Waals surface area contributed by atoms with Crippen LogP contribution in [-0.4, -0.2) is 29.6 Å². The van der Waals surface area contributed by atoms with Gasteiger partial charge in [0.1, 0.15) is 5.75 Å². The van der Waals surface area contributed by atoms with Crippen molar-refractivity contribution in [1.29, 1.82) is 0 Å². The van der Waals surface area contributed by atoms with E-state index < -0.39 is 0 Å². The van der Waals surface area contributed by atoms with Gasteiger partial charge in [0.2, 0.25) is 0 Å². The molecular formula is C24H26N2O4. The lowest BCUT2D eigenvalue weighted by Gasteiger charge is -2.13. The summed E-state index contributed by atoms with van der Waals surface area (Å²) in [7, 11) is 0. The summed E-state index contributed by atoms with van der Waals surface area (Å²) in [4.78, 5) is 12.3. The molecule has 0 bridgehead atoms. The van der Waals surface area contributed by atoms with Gasteiger partial charge in [-0.1, -0.05) is 18.2 Å². The van der Waals surface area contributed by atoms with Crippen molar-refractivity contribution in [2.45, 2.75) is 33.2 Å². The predicted octanol–water partition coefficient (Wildman–Crippen LogP) is 4.16. The van der Waals surface area contributed by atoms with Crippen LogP contribution >= 0.6 is 0 Å². The van der Waals surface area contributed by atoms with Crippen molar-refractivity contribution in [2.75, 3.05) is 19.8 Å². The van der Waals surface area contributed by atoms with Crippen molar-refractivity contribution in [3.63, 3.8) is 0 Å². The Morgan fingerprint density at radius 2 is 1.77 bits per heavy atom. The lowest BCUT2D eigenvalue weighted by molar-refractivity contribution is 0.293. The maximum Gasteiger partial charge on any atom is 0.266 e. The Morgan fingerprint density at radius 1 is 1.00 bits per heavy atom. The van der Waals surface area contributed by atoms with Gasteiger partial charge in [-0.15, -0.1) is 0 Å². The van der Waals surface area contributed by atoms with E-state index in [1.807, 2.05) is 50.2 Å². The fourth-order valence-electron chi connectivity index (χ4n) is 3.50. The third kappa shape index (κ3) is 4.48. The van der Waals surface area contributed by atoms with Gasteiger partial charge >= 0.3 is 0 Å². The van der Waals surface area contributed by atoms with Gasteiger partial charge in [0.25, 0.3) is 5.56 Å². The number of para-hydroxylation sites is 1. The number of aromatic nitrogens is 2. The second-order valence-electron chi connectivity index (χ2n) is 7.41. The molecule has 0 amide bonds. The highest BCUT2D eigenvalue weighted by molar-refractivity contribution is 5.63. The highest BCUT2D eigenvalue weighted by Crippen LogP contribution is 2.33. The van der Waals surface area contributed by atoms with E-state index in [-0.39, 0.29) is 5.56 Å². The molecule has 2 heterocycles. The highest BCUT2D eigenvalue weighted by atomic mass is 16.5. The molecule has 3 aromatic rings. The third-order valence-corrected chi connectivity index (χ3v) is 5.08. The number of ether oxygens (including phenoxy) is 3. The number of benzene rings is 2. The SMILES string of the molecule is Cc1cccc(C)c1OCCCn1nc(-c2ccc3c(c2)OCCCO3)ccc1=O. The Labute approximate surface area is 176 Å². The smallest absolute Gasteiger partial charge is 0.266 e. The molecule has 4 rings (SSSR count). The Kier molecular flexibility index (Phi) is 6.02. The van der Waals surface area contributed by atoms with E-state index in [0.29, 0.717) is 38.5 Å². The van der Waals surface area contributed by atoms with Crippen molar-refractivity contribution < 1.29 is 14.2 Å². The zero-order valence-electron chi connectivity index (χ0n) is 17.4. The van der Waals surface area contributed by atoms with Crippen LogP contribution in [-0.2, 0) is 6.54 Å². The van der Waals surface area contributed by atoms with Crippen LogP contribution in [0.5, 0.6) is 17.2 Å². The molecule has 0 saturated carbocycles. The molecule has 0 atom stereocenters. The van der Waals surface area contributed by atoms with Gasteiger partial charge in [-0.2, -0.15) is 5.10 Å². The van der Waals surface area contributed by atoms with Gasteiger partial charge in [0.15, 0.2) is 11.5 Å². The first kappa shape index (κ1) is 20.0. The summed E-state index contributed by atoms with van der Waals surface area (Å²) in [6.45, 7) is 6.36. The molecule has 1 aliphatic rings. The van der Waals surface area contributed by atoms with Crippen molar-refractivity contribution >= 4 is 0 Å². The molecule has 156 valence electrons. The number of hydrogen-bond acceptors (Lipinski definition) is 5. The van der Waals surface area contributed by atoms with Crippen LogP contribution in [0.25, 0.3) is 11.3 Å². The molecule has 0 fully saturated rings. The fraction of sp³-hybridized carbons (Fsp3) is 0.333. The maximum atomic E-state index is 12.3. The fourth-order valence-corrected chi connectivity index (χ4v) is 3.50. The molecule has 0 saturated heterocycles. The van der Waals surface area contributed by atoms with Crippen molar-refractivity contribution in [2.24, 2.45) is 0 Å². The minimum atomic E-state index is -0.125. The van der Waals surface area contributed by atoms with Gasteiger partial charge in [0.05, 0.1) is 25.5 Å². The van der Waals surface area contributed by atoms with Crippen molar-refractivity contribution in [1.82, 2.24) is 9.78 Å². The quantitative estimate of drug-likeness (QED) is 0.575. The zero-order valence-corrected chi connectivity index (χ0v) is 17.4. The van der Waals surface area contributed by atoms with Crippen LogP contribution in [0, 0.1) is 13.8 Å². The van der Waals surface area contributed by atoms with Crippen molar-refractivity contribution in [3.05, 3.63) is 70.0 Å². The maximum absolute atomic E-state index is 12.3. The van der Waals surface area contributed by atoms with Crippen LogP contribution in [0.4, 0.5) is 0 Å². The number of hydrogen-bond donors (Lipinski definition) is 0. The number of nitrogens with zero attached hydrogens (tertiary/aromatic N) is 2. The average Bonchev–Trinajstić information content (AvgIpc) is 2.99. The molecule has 0 N–H and O–H groups in total. The van der Waals surface area contributed by atoms with Gasteiger partial charge in [-0.05, 0) is 49.2 Å². The summed E-state index contributed by atoms with van der Waals surface area (Å²) >= 11 is 0. The molecule has 2 aromatic carbocycles. The molecule has 1 aliphatic heterocycles. The van der Waals surface area contributed by atoms with E-state index in [1.54, 1.807) is 12.1 Å². The van der Waals surface area contributed by atoms with Crippen LogP contribution in [0.2, 0.25) is 0 Å². The normalized spacial score (nSPS) is 13.0. The molecule has 0 aliphatic carbocycles.